The van der Waals surface area contributed by atoms with E-state index in [1.54, 1.807) is 18.2 Å². The van der Waals surface area contributed by atoms with E-state index in [9.17, 15) is 8.42 Å². The molecule has 0 fully saturated rings. The molecule has 1 rings (SSSR count). The summed E-state index contributed by atoms with van der Waals surface area (Å²) in [5.41, 5.74) is 0. The van der Waals surface area contributed by atoms with Crippen molar-refractivity contribution in [1.82, 2.24) is 0 Å². The second-order valence-electron chi connectivity index (χ2n) is 3.59. The zero-order valence-corrected chi connectivity index (χ0v) is 10.2. The minimum atomic E-state index is -3.73. The third-order valence-corrected chi connectivity index (χ3v) is 3.05. The van der Waals surface area contributed by atoms with Crippen molar-refractivity contribution in [2.24, 2.45) is 5.92 Å². The van der Waals surface area contributed by atoms with Crippen LogP contribution in [0.15, 0.2) is 29.2 Å². The molecule has 0 atom stereocenters. The summed E-state index contributed by atoms with van der Waals surface area (Å²) < 4.78 is 27.7. The third kappa shape index (κ3) is 3.72. The summed E-state index contributed by atoms with van der Waals surface area (Å²) in [6.07, 6.45) is 0. The van der Waals surface area contributed by atoms with Crippen LogP contribution in [0.1, 0.15) is 13.8 Å². The lowest BCUT2D eigenvalue weighted by atomic mass is 10.2. The molecule has 1 aromatic rings. The van der Waals surface area contributed by atoms with Crippen molar-refractivity contribution < 1.29 is 13.2 Å². The zero-order chi connectivity index (χ0) is 11.5. The van der Waals surface area contributed by atoms with Gasteiger partial charge in [0.2, 0.25) is 0 Å². The van der Waals surface area contributed by atoms with Crippen LogP contribution in [0.2, 0.25) is 0 Å². The number of hydrogen-bond donors (Lipinski definition) is 0. The van der Waals surface area contributed by atoms with E-state index in [1.165, 1.54) is 6.07 Å². The highest BCUT2D eigenvalue weighted by molar-refractivity contribution is 8.13. The molecule has 0 aliphatic carbocycles. The molecular formula is C10H13ClO3S. The fraction of sp³-hybridized carbons (Fsp3) is 0.400. The second-order valence-corrected chi connectivity index (χ2v) is 6.12. The average molecular weight is 249 g/mol. The minimum absolute atomic E-state index is 0.0207. The molecule has 1 aromatic carbocycles. The van der Waals surface area contributed by atoms with Crippen molar-refractivity contribution in [3.05, 3.63) is 24.3 Å². The fourth-order valence-electron chi connectivity index (χ4n) is 1.03. The van der Waals surface area contributed by atoms with E-state index < -0.39 is 9.05 Å². The quantitative estimate of drug-likeness (QED) is 0.770. The lowest BCUT2D eigenvalue weighted by Gasteiger charge is -2.10. The molecule has 0 unspecified atom stereocenters. The molecule has 0 bridgehead atoms. The van der Waals surface area contributed by atoms with Gasteiger partial charge in [0.25, 0.3) is 9.05 Å². The molecule has 0 heterocycles. The van der Waals surface area contributed by atoms with Gasteiger partial charge in [-0.2, -0.15) is 0 Å². The summed E-state index contributed by atoms with van der Waals surface area (Å²) in [6, 6.07) is 6.34. The molecule has 0 saturated carbocycles. The Labute approximate surface area is 94.4 Å². The summed E-state index contributed by atoms with van der Waals surface area (Å²) >= 11 is 0. The number of rotatable bonds is 4. The van der Waals surface area contributed by atoms with Crippen LogP contribution in [0.3, 0.4) is 0 Å². The van der Waals surface area contributed by atoms with Gasteiger partial charge in [-0.3, -0.25) is 0 Å². The van der Waals surface area contributed by atoms with Crippen LogP contribution in [0, 0.1) is 5.92 Å². The van der Waals surface area contributed by atoms with Crippen LogP contribution in [0.25, 0.3) is 0 Å². The third-order valence-electron chi connectivity index (χ3n) is 1.68. The Hall–Kier alpha value is -0.740. The van der Waals surface area contributed by atoms with Crippen molar-refractivity contribution in [3.8, 4) is 5.75 Å². The molecule has 0 N–H and O–H groups in total. The maximum Gasteiger partial charge on any atom is 0.264 e. The van der Waals surface area contributed by atoms with E-state index >= 15 is 0 Å². The molecule has 0 saturated heterocycles. The van der Waals surface area contributed by atoms with Gasteiger partial charge in [0, 0.05) is 10.7 Å². The van der Waals surface area contributed by atoms with Crippen molar-refractivity contribution in [2.75, 3.05) is 6.61 Å². The predicted molar refractivity (Wildman–Crippen MR) is 59.8 cm³/mol. The molecule has 5 heteroatoms. The number of ether oxygens (including phenoxy) is 1. The Kier molecular flexibility index (Phi) is 3.99. The van der Waals surface area contributed by atoms with Crippen LogP contribution in [0.5, 0.6) is 5.75 Å². The Morgan fingerprint density at radius 1 is 1.33 bits per heavy atom. The Morgan fingerprint density at radius 3 is 2.47 bits per heavy atom. The van der Waals surface area contributed by atoms with E-state index in [-0.39, 0.29) is 4.90 Å². The van der Waals surface area contributed by atoms with Gasteiger partial charge < -0.3 is 4.74 Å². The average Bonchev–Trinajstić information content (AvgIpc) is 2.13. The van der Waals surface area contributed by atoms with Gasteiger partial charge in [0.15, 0.2) is 0 Å². The van der Waals surface area contributed by atoms with Gasteiger partial charge in [-0.1, -0.05) is 26.0 Å². The number of halogens is 1. The van der Waals surface area contributed by atoms with Gasteiger partial charge in [-0.15, -0.1) is 0 Å². The van der Waals surface area contributed by atoms with E-state index in [2.05, 4.69) is 0 Å². The molecule has 0 aliphatic heterocycles. The molecule has 3 nitrogen and oxygen atoms in total. The Morgan fingerprint density at radius 2 is 1.93 bits per heavy atom. The Bertz CT molecular complexity index is 426. The van der Waals surface area contributed by atoms with Gasteiger partial charge in [-0.05, 0) is 18.1 Å². The zero-order valence-electron chi connectivity index (χ0n) is 8.60. The number of benzene rings is 1. The SMILES string of the molecule is CC(C)COc1ccccc1S(=O)(=O)Cl. The first-order valence-corrected chi connectivity index (χ1v) is 6.88. The molecule has 0 aliphatic rings. The summed E-state index contributed by atoms with van der Waals surface area (Å²) in [4.78, 5) is 0.0207. The van der Waals surface area contributed by atoms with E-state index in [0.29, 0.717) is 18.3 Å². The number of hydrogen-bond acceptors (Lipinski definition) is 3. The van der Waals surface area contributed by atoms with E-state index in [0.717, 1.165) is 0 Å². The fourth-order valence-corrected chi connectivity index (χ4v) is 2.02. The van der Waals surface area contributed by atoms with Crippen molar-refractivity contribution >= 4 is 19.7 Å². The first-order chi connectivity index (χ1) is 6.91. The second kappa shape index (κ2) is 4.86. The van der Waals surface area contributed by atoms with Crippen LogP contribution in [-0.2, 0) is 9.05 Å². The molecular weight excluding hydrogens is 236 g/mol. The van der Waals surface area contributed by atoms with Gasteiger partial charge in [-0.25, -0.2) is 8.42 Å². The lowest BCUT2D eigenvalue weighted by Crippen LogP contribution is -2.06. The standard InChI is InChI=1S/C10H13ClO3S/c1-8(2)7-14-9-5-3-4-6-10(9)15(11,12)13/h3-6,8H,7H2,1-2H3. The summed E-state index contributed by atoms with van der Waals surface area (Å²) in [5, 5.41) is 0. The van der Waals surface area contributed by atoms with Gasteiger partial charge >= 0.3 is 0 Å². The summed E-state index contributed by atoms with van der Waals surface area (Å²) in [6.45, 7) is 4.43. The molecule has 0 spiro atoms. The van der Waals surface area contributed by atoms with Crippen molar-refractivity contribution in [3.63, 3.8) is 0 Å². The largest absolute Gasteiger partial charge is 0.492 e. The van der Waals surface area contributed by atoms with Crippen LogP contribution in [-0.4, -0.2) is 15.0 Å². The lowest BCUT2D eigenvalue weighted by molar-refractivity contribution is 0.265. The van der Waals surface area contributed by atoms with Crippen molar-refractivity contribution in [2.45, 2.75) is 18.7 Å². The minimum Gasteiger partial charge on any atom is -0.492 e. The highest BCUT2D eigenvalue weighted by Gasteiger charge is 2.16. The van der Waals surface area contributed by atoms with Crippen LogP contribution >= 0.6 is 10.7 Å². The predicted octanol–water partition coefficient (Wildman–Crippen LogP) is 2.65. The number of para-hydroxylation sites is 1. The maximum absolute atomic E-state index is 11.2. The molecule has 84 valence electrons. The molecule has 15 heavy (non-hydrogen) atoms. The highest BCUT2D eigenvalue weighted by Crippen LogP contribution is 2.26. The molecule has 0 amide bonds. The molecule has 0 radical (unpaired) electrons. The topological polar surface area (TPSA) is 43.4 Å². The summed E-state index contributed by atoms with van der Waals surface area (Å²) in [5.74, 6) is 0.636. The van der Waals surface area contributed by atoms with Crippen LogP contribution in [0.4, 0.5) is 0 Å². The summed E-state index contributed by atoms with van der Waals surface area (Å²) in [7, 11) is 1.54. The molecule has 0 aromatic heterocycles. The highest BCUT2D eigenvalue weighted by atomic mass is 35.7. The van der Waals surface area contributed by atoms with E-state index in [1.807, 2.05) is 13.8 Å². The smallest absolute Gasteiger partial charge is 0.264 e. The van der Waals surface area contributed by atoms with Crippen molar-refractivity contribution in [1.29, 1.82) is 0 Å². The Balaban J connectivity index is 2.98. The monoisotopic (exact) mass is 248 g/mol. The van der Waals surface area contributed by atoms with Crippen LogP contribution < -0.4 is 4.74 Å². The normalized spacial score (nSPS) is 11.7. The first kappa shape index (κ1) is 12.3. The van der Waals surface area contributed by atoms with E-state index in [4.69, 9.17) is 15.4 Å². The van der Waals surface area contributed by atoms with Gasteiger partial charge in [0.1, 0.15) is 10.6 Å². The van der Waals surface area contributed by atoms with Gasteiger partial charge in [0.05, 0.1) is 6.61 Å². The first-order valence-electron chi connectivity index (χ1n) is 4.57. The maximum atomic E-state index is 11.2.